The highest BCUT2D eigenvalue weighted by Gasteiger charge is 2.16. The van der Waals surface area contributed by atoms with Gasteiger partial charge >= 0.3 is 0 Å². The summed E-state index contributed by atoms with van der Waals surface area (Å²) in [6, 6.07) is 16.5. The molecule has 1 aromatic heterocycles. The molecule has 0 radical (unpaired) electrons. The molecule has 1 aliphatic heterocycles. The summed E-state index contributed by atoms with van der Waals surface area (Å²) in [5, 5.41) is 18.3. The van der Waals surface area contributed by atoms with Crippen LogP contribution >= 0.6 is 11.6 Å². The quantitative estimate of drug-likeness (QED) is 0.538. The van der Waals surface area contributed by atoms with Gasteiger partial charge in [0.05, 0.1) is 12.3 Å². The van der Waals surface area contributed by atoms with Crippen molar-refractivity contribution in [2.45, 2.75) is 39.3 Å². The molecule has 2 aromatic carbocycles. The lowest BCUT2D eigenvalue weighted by molar-refractivity contribution is 0.271. The van der Waals surface area contributed by atoms with E-state index >= 15 is 0 Å². The van der Waals surface area contributed by atoms with Gasteiger partial charge in [-0.2, -0.15) is 5.11 Å². The van der Waals surface area contributed by atoms with E-state index in [1.54, 1.807) is 0 Å². The Labute approximate surface area is 181 Å². The van der Waals surface area contributed by atoms with Crippen molar-refractivity contribution in [3.8, 4) is 11.1 Å². The van der Waals surface area contributed by atoms with E-state index in [1.165, 1.54) is 0 Å². The summed E-state index contributed by atoms with van der Waals surface area (Å²) in [4.78, 5) is 8.83. The number of benzene rings is 2. The molecule has 0 spiro atoms. The lowest BCUT2D eigenvalue weighted by atomic mass is 9.98. The van der Waals surface area contributed by atoms with Crippen LogP contribution in [-0.4, -0.2) is 27.2 Å². The van der Waals surface area contributed by atoms with Crippen LogP contribution < -0.4 is 0 Å². The predicted octanol–water partition coefficient (Wildman–Crippen LogP) is 5.26. The number of aliphatic hydroxyl groups excluding tert-OH is 1. The second-order valence-corrected chi connectivity index (χ2v) is 7.58. The molecule has 0 atom stereocenters. The molecule has 154 valence electrons. The average molecular weight is 422 g/mol. The Bertz CT molecular complexity index is 1090. The van der Waals surface area contributed by atoms with Gasteiger partial charge in [-0.15, -0.1) is 5.11 Å². The van der Waals surface area contributed by atoms with Gasteiger partial charge < -0.3 is 9.67 Å². The van der Waals surface area contributed by atoms with E-state index in [0.717, 1.165) is 47.3 Å². The second-order valence-electron chi connectivity index (χ2n) is 7.22. The number of aliphatic hydroxyl groups is 1. The number of aliphatic imine (C=N–C) groups is 1. The summed E-state index contributed by atoms with van der Waals surface area (Å²) >= 11 is 6.26. The number of rotatable bonds is 8. The number of halogens is 1. The number of hydrogen-bond acceptors (Lipinski definition) is 5. The van der Waals surface area contributed by atoms with Gasteiger partial charge in [-0.1, -0.05) is 73.5 Å². The number of aromatic nitrogens is 2. The fourth-order valence-corrected chi connectivity index (χ4v) is 3.90. The minimum atomic E-state index is -0.125. The first-order valence-electron chi connectivity index (χ1n) is 10.2. The topological polar surface area (TPSA) is 75.1 Å². The van der Waals surface area contributed by atoms with Crippen LogP contribution in [0, 0.1) is 0 Å². The zero-order chi connectivity index (χ0) is 20.9. The lowest BCUT2D eigenvalue weighted by Gasteiger charge is -2.12. The van der Waals surface area contributed by atoms with E-state index in [1.807, 2.05) is 22.8 Å². The SMILES string of the molecule is CCCCc1nc(Cl)c(CO)n1Cc1ccc(-c2ccccc2C2=NCN=N2)cc1. The molecule has 0 fully saturated rings. The Morgan fingerprint density at radius 2 is 1.83 bits per heavy atom. The normalized spacial score (nSPS) is 13.1. The number of imidazole rings is 1. The van der Waals surface area contributed by atoms with E-state index in [2.05, 4.69) is 57.5 Å². The van der Waals surface area contributed by atoms with Crippen molar-refractivity contribution in [2.24, 2.45) is 15.2 Å². The Morgan fingerprint density at radius 3 is 2.50 bits per heavy atom. The van der Waals surface area contributed by atoms with Crippen LogP contribution in [0.3, 0.4) is 0 Å². The van der Waals surface area contributed by atoms with Crippen LogP contribution in [0.15, 0.2) is 63.8 Å². The van der Waals surface area contributed by atoms with Gasteiger partial charge in [-0.05, 0) is 23.1 Å². The van der Waals surface area contributed by atoms with Gasteiger partial charge in [0.1, 0.15) is 5.82 Å². The summed E-state index contributed by atoms with van der Waals surface area (Å²) in [7, 11) is 0. The molecule has 0 saturated heterocycles. The molecule has 0 aliphatic carbocycles. The molecule has 1 N–H and O–H groups in total. The van der Waals surface area contributed by atoms with Crippen molar-refractivity contribution in [1.82, 2.24) is 9.55 Å². The first-order valence-corrected chi connectivity index (χ1v) is 10.5. The Kier molecular flexibility index (Phi) is 6.35. The van der Waals surface area contributed by atoms with Crippen LogP contribution in [-0.2, 0) is 19.6 Å². The van der Waals surface area contributed by atoms with Crippen molar-refractivity contribution >= 4 is 17.4 Å². The van der Waals surface area contributed by atoms with Crippen LogP contribution in [0.2, 0.25) is 5.15 Å². The minimum Gasteiger partial charge on any atom is -0.390 e. The minimum absolute atomic E-state index is 0.125. The number of amidine groups is 1. The first-order chi connectivity index (χ1) is 14.7. The van der Waals surface area contributed by atoms with Crippen LogP contribution in [0.25, 0.3) is 11.1 Å². The molecule has 1 aliphatic rings. The average Bonchev–Trinajstić information content (AvgIpc) is 3.41. The number of hydrogen-bond donors (Lipinski definition) is 1. The van der Waals surface area contributed by atoms with Gasteiger partial charge in [0, 0.05) is 18.5 Å². The maximum atomic E-state index is 9.77. The summed E-state index contributed by atoms with van der Waals surface area (Å²) in [6.45, 7) is 3.04. The van der Waals surface area contributed by atoms with Crippen LogP contribution in [0.4, 0.5) is 0 Å². The van der Waals surface area contributed by atoms with Crippen molar-refractivity contribution in [3.05, 3.63) is 76.3 Å². The van der Waals surface area contributed by atoms with E-state index in [9.17, 15) is 5.11 Å². The molecule has 7 heteroatoms. The van der Waals surface area contributed by atoms with E-state index in [0.29, 0.717) is 29.9 Å². The molecule has 6 nitrogen and oxygen atoms in total. The van der Waals surface area contributed by atoms with Crippen molar-refractivity contribution in [2.75, 3.05) is 6.67 Å². The maximum absolute atomic E-state index is 9.77. The molecular weight excluding hydrogens is 398 g/mol. The van der Waals surface area contributed by atoms with Gasteiger partial charge in [0.15, 0.2) is 17.7 Å². The third-order valence-corrected chi connectivity index (χ3v) is 5.53. The van der Waals surface area contributed by atoms with Gasteiger partial charge in [-0.3, -0.25) is 0 Å². The number of nitrogens with zero attached hydrogens (tertiary/aromatic N) is 5. The molecular formula is C23H24ClN5O. The Morgan fingerprint density at radius 1 is 1.07 bits per heavy atom. The maximum Gasteiger partial charge on any atom is 0.179 e. The third kappa shape index (κ3) is 4.20. The van der Waals surface area contributed by atoms with Gasteiger partial charge in [0.2, 0.25) is 0 Å². The molecule has 0 bridgehead atoms. The van der Waals surface area contributed by atoms with Crippen LogP contribution in [0.1, 0.15) is 42.4 Å². The molecule has 3 aromatic rings. The zero-order valence-corrected chi connectivity index (χ0v) is 17.7. The van der Waals surface area contributed by atoms with Gasteiger partial charge in [0.25, 0.3) is 0 Å². The monoisotopic (exact) mass is 421 g/mol. The predicted molar refractivity (Wildman–Crippen MR) is 119 cm³/mol. The number of azo groups is 1. The molecule has 0 unspecified atom stereocenters. The van der Waals surface area contributed by atoms with Gasteiger partial charge in [-0.25, -0.2) is 9.98 Å². The molecule has 0 amide bonds. The Balaban J connectivity index is 1.61. The largest absolute Gasteiger partial charge is 0.390 e. The molecule has 2 heterocycles. The lowest BCUT2D eigenvalue weighted by Crippen LogP contribution is -2.09. The highest BCUT2D eigenvalue weighted by Crippen LogP contribution is 2.27. The number of unbranched alkanes of at least 4 members (excludes halogenated alkanes) is 1. The van der Waals surface area contributed by atoms with E-state index in [-0.39, 0.29) is 6.61 Å². The summed E-state index contributed by atoms with van der Waals surface area (Å²) in [5.41, 5.74) is 4.94. The fraction of sp³-hybridized carbons (Fsp3) is 0.304. The van der Waals surface area contributed by atoms with E-state index < -0.39 is 0 Å². The van der Waals surface area contributed by atoms with Crippen LogP contribution in [0.5, 0.6) is 0 Å². The number of aryl methyl sites for hydroxylation is 1. The summed E-state index contributed by atoms with van der Waals surface area (Å²) in [5.74, 6) is 1.60. The summed E-state index contributed by atoms with van der Waals surface area (Å²) < 4.78 is 2.04. The highest BCUT2D eigenvalue weighted by molar-refractivity contribution is 6.30. The third-order valence-electron chi connectivity index (χ3n) is 5.23. The first kappa shape index (κ1) is 20.4. The Hall–Kier alpha value is -2.83. The smallest absolute Gasteiger partial charge is 0.179 e. The zero-order valence-electron chi connectivity index (χ0n) is 16.9. The highest BCUT2D eigenvalue weighted by atomic mass is 35.5. The van der Waals surface area contributed by atoms with Crippen molar-refractivity contribution in [1.29, 1.82) is 0 Å². The molecule has 30 heavy (non-hydrogen) atoms. The van der Waals surface area contributed by atoms with Crippen molar-refractivity contribution < 1.29 is 5.11 Å². The van der Waals surface area contributed by atoms with E-state index in [4.69, 9.17) is 11.6 Å². The standard InChI is InChI=1S/C23H24ClN5O/c1-2-3-8-21-27-22(24)20(14-30)29(21)13-16-9-11-17(12-10-16)18-6-4-5-7-19(18)23-25-15-26-28-23/h4-7,9-12,30H,2-3,8,13-15H2,1H3. The molecule has 0 saturated carbocycles. The summed E-state index contributed by atoms with van der Waals surface area (Å²) in [6.07, 6.45) is 2.96. The fourth-order valence-electron chi connectivity index (χ4n) is 3.64. The molecule has 4 rings (SSSR count). The van der Waals surface area contributed by atoms with Crippen molar-refractivity contribution in [3.63, 3.8) is 0 Å². The second kappa shape index (κ2) is 9.32.